The Bertz CT molecular complexity index is 495. The van der Waals surface area contributed by atoms with Gasteiger partial charge in [-0.1, -0.05) is 11.6 Å². The van der Waals surface area contributed by atoms with Gasteiger partial charge < -0.3 is 5.73 Å². The fraction of sp³-hybridized carbons (Fsp3) is 0.400. The van der Waals surface area contributed by atoms with Gasteiger partial charge in [0.1, 0.15) is 10.7 Å². The monoisotopic (exact) mass is 316 g/mol. The van der Waals surface area contributed by atoms with E-state index in [1.165, 1.54) is 0 Å². The van der Waals surface area contributed by atoms with Crippen molar-refractivity contribution in [1.82, 2.24) is 4.72 Å². The quantitative estimate of drug-likeness (QED) is 0.871. The minimum absolute atomic E-state index is 0. The molecule has 0 bridgehead atoms. The highest BCUT2D eigenvalue weighted by Crippen LogP contribution is 2.21. The zero-order valence-electron chi connectivity index (χ0n) is 9.69. The molecule has 18 heavy (non-hydrogen) atoms. The van der Waals surface area contributed by atoms with Crippen LogP contribution in [-0.4, -0.2) is 21.0 Å². The third kappa shape index (κ3) is 5.07. The van der Waals surface area contributed by atoms with Crippen LogP contribution in [0.1, 0.15) is 13.3 Å². The van der Waals surface area contributed by atoms with E-state index in [2.05, 4.69) is 4.72 Å². The molecular weight excluding hydrogens is 302 g/mol. The topological polar surface area (TPSA) is 72.2 Å². The van der Waals surface area contributed by atoms with Gasteiger partial charge >= 0.3 is 0 Å². The van der Waals surface area contributed by atoms with Gasteiger partial charge in [-0.05, 0) is 31.5 Å². The molecule has 3 N–H and O–H groups in total. The Labute approximate surface area is 117 Å². The molecule has 1 rings (SSSR count). The van der Waals surface area contributed by atoms with E-state index in [4.69, 9.17) is 17.3 Å². The molecule has 0 heterocycles. The Balaban J connectivity index is 0.00000289. The number of sulfonamides is 1. The molecule has 0 saturated heterocycles. The number of hydrogen-bond donors (Lipinski definition) is 2. The molecule has 0 aliphatic carbocycles. The van der Waals surface area contributed by atoms with Crippen molar-refractivity contribution in [1.29, 1.82) is 0 Å². The van der Waals surface area contributed by atoms with Gasteiger partial charge in [0.2, 0.25) is 10.0 Å². The zero-order chi connectivity index (χ0) is 13.1. The minimum Gasteiger partial charge on any atom is -0.328 e. The first kappa shape index (κ1) is 17.6. The Morgan fingerprint density at radius 1 is 1.50 bits per heavy atom. The first-order valence-electron chi connectivity index (χ1n) is 5.03. The van der Waals surface area contributed by atoms with Crippen molar-refractivity contribution in [3.05, 3.63) is 29.0 Å². The number of nitrogens with one attached hydrogen (secondary N) is 1. The normalized spacial score (nSPS) is 12.9. The van der Waals surface area contributed by atoms with E-state index in [1.54, 1.807) is 6.92 Å². The summed E-state index contributed by atoms with van der Waals surface area (Å²) in [4.78, 5) is -0.134. The summed E-state index contributed by atoms with van der Waals surface area (Å²) in [6.07, 6.45) is 0.512. The summed E-state index contributed by atoms with van der Waals surface area (Å²) in [6.45, 7) is 1.99. The molecule has 0 aromatic heterocycles. The van der Waals surface area contributed by atoms with E-state index in [9.17, 15) is 12.8 Å². The molecule has 0 aliphatic heterocycles. The molecule has 4 nitrogen and oxygen atoms in total. The highest BCUT2D eigenvalue weighted by molar-refractivity contribution is 7.89. The molecule has 0 fully saturated rings. The van der Waals surface area contributed by atoms with E-state index >= 15 is 0 Å². The van der Waals surface area contributed by atoms with Crippen molar-refractivity contribution in [2.75, 3.05) is 6.54 Å². The van der Waals surface area contributed by atoms with Crippen LogP contribution in [0.25, 0.3) is 0 Å². The van der Waals surface area contributed by atoms with Gasteiger partial charge in [-0.15, -0.1) is 12.4 Å². The fourth-order valence-electron chi connectivity index (χ4n) is 1.19. The van der Waals surface area contributed by atoms with Crippen molar-refractivity contribution in [3.63, 3.8) is 0 Å². The third-order valence-corrected chi connectivity index (χ3v) is 4.02. The summed E-state index contributed by atoms with van der Waals surface area (Å²) in [5.74, 6) is -0.579. The van der Waals surface area contributed by atoms with Gasteiger partial charge in [0.25, 0.3) is 0 Å². The number of hydrogen-bond acceptors (Lipinski definition) is 3. The summed E-state index contributed by atoms with van der Waals surface area (Å²) in [7, 11) is -3.71. The summed E-state index contributed by atoms with van der Waals surface area (Å²) < 4.78 is 38.7. The van der Waals surface area contributed by atoms with Crippen LogP contribution in [0.5, 0.6) is 0 Å². The average Bonchev–Trinajstić information content (AvgIpc) is 2.15. The summed E-state index contributed by atoms with van der Waals surface area (Å²) >= 11 is 5.67. The standard InChI is InChI=1S/C10H14ClFN2O2S.ClH/c1-7(13)4-5-14-17(15,16)10-3-2-8(12)6-9(10)11;/h2-3,6-7,14H,4-5,13H2,1H3;1H. The minimum atomic E-state index is -3.71. The predicted molar refractivity (Wildman–Crippen MR) is 72.1 cm³/mol. The number of rotatable bonds is 5. The van der Waals surface area contributed by atoms with Gasteiger partial charge in [0.05, 0.1) is 5.02 Å². The Kier molecular flexibility index (Phi) is 7.09. The summed E-state index contributed by atoms with van der Waals surface area (Å²) in [6, 6.07) is 3.04. The lowest BCUT2D eigenvalue weighted by atomic mass is 10.3. The van der Waals surface area contributed by atoms with Gasteiger partial charge in [0.15, 0.2) is 0 Å². The summed E-state index contributed by atoms with van der Waals surface area (Å²) in [5.41, 5.74) is 5.50. The molecule has 8 heteroatoms. The van der Waals surface area contributed by atoms with Gasteiger partial charge in [-0.2, -0.15) is 0 Å². The van der Waals surface area contributed by atoms with Crippen LogP contribution in [0.3, 0.4) is 0 Å². The molecule has 104 valence electrons. The molecule has 1 aromatic carbocycles. The second kappa shape index (κ2) is 7.25. The lowest BCUT2D eigenvalue weighted by Gasteiger charge is -2.09. The maximum atomic E-state index is 12.8. The van der Waals surface area contributed by atoms with Gasteiger partial charge in [-0.25, -0.2) is 17.5 Å². The highest BCUT2D eigenvalue weighted by Gasteiger charge is 2.17. The molecule has 0 radical (unpaired) electrons. The van der Waals surface area contributed by atoms with E-state index < -0.39 is 15.8 Å². The lowest BCUT2D eigenvalue weighted by Crippen LogP contribution is -2.29. The second-order valence-corrected chi connectivity index (χ2v) is 5.88. The SMILES string of the molecule is CC(N)CCNS(=O)(=O)c1ccc(F)cc1Cl.Cl. The molecule has 0 aliphatic rings. The average molecular weight is 317 g/mol. The number of nitrogens with two attached hydrogens (primary N) is 1. The molecule has 1 unspecified atom stereocenters. The summed E-state index contributed by atoms with van der Waals surface area (Å²) in [5, 5.41) is -0.140. The van der Waals surface area contributed by atoms with Crippen LogP contribution in [-0.2, 0) is 10.0 Å². The van der Waals surface area contributed by atoms with Crippen molar-refractivity contribution in [2.45, 2.75) is 24.3 Å². The Morgan fingerprint density at radius 3 is 2.61 bits per heavy atom. The van der Waals surface area contributed by atoms with Crippen molar-refractivity contribution >= 4 is 34.0 Å². The fourth-order valence-corrected chi connectivity index (χ4v) is 2.77. The lowest BCUT2D eigenvalue weighted by molar-refractivity contribution is 0.571. The Morgan fingerprint density at radius 2 is 2.11 bits per heavy atom. The molecule has 0 saturated carbocycles. The van der Waals surface area contributed by atoms with E-state index in [-0.39, 0.29) is 34.9 Å². The molecular formula is C10H15Cl2FN2O2S. The number of benzene rings is 1. The Hall–Kier alpha value is -0.400. The van der Waals surface area contributed by atoms with Crippen molar-refractivity contribution in [2.24, 2.45) is 5.73 Å². The number of halogens is 3. The van der Waals surface area contributed by atoms with Crippen molar-refractivity contribution in [3.8, 4) is 0 Å². The van der Waals surface area contributed by atoms with Crippen LogP contribution in [0, 0.1) is 5.82 Å². The first-order valence-corrected chi connectivity index (χ1v) is 6.89. The van der Waals surface area contributed by atoms with Crippen molar-refractivity contribution < 1.29 is 12.8 Å². The maximum Gasteiger partial charge on any atom is 0.242 e. The molecule has 0 spiro atoms. The zero-order valence-corrected chi connectivity index (χ0v) is 12.1. The largest absolute Gasteiger partial charge is 0.328 e. The first-order chi connectivity index (χ1) is 7.83. The van der Waals surface area contributed by atoms with Gasteiger partial charge in [-0.3, -0.25) is 0 Å². The van der Waals surface area contributed by atoms with E-state index in [1.807, 2.05) is 0 Å². The second-order valence-electron chi connectivity index (χ2n) is 3.74. The highest BCUT2D eigenvalue weighted by atomic mass is 35.5. The van der Waals surface area contributed by atoms with Gasteiger partial charge in [0, 0.05) is 12.6 Å². The smallest absolute Gasteiger partial charge is 0.242 e. The third-order valence-electron chi connectivity index (χ3n) is 2.08. The van der Waals surface area contributed by atoms with Crippen LogP contribution in [0.2, 0.25) is 5.02 Å². The maximum absolute atomic E-state index is 12.8. The van der Waals surface area contributed by atoms with Crippen LogP contribution >= 0.6 is 24.0 Å². The molecule has 1 aromatic rings. The van der Waals surface area contributed by atoms with E-state index in [0.29, 0.717) is 6.42 Å². The van der Waals surface area contributed by atoms with Crippen LogP contribution in [0.4, 0.5) is 4.39 Å². The molecule has 0 amide bonds. The van der Waals surface area contributed by atoms with E-state index in [0.717, 1.165) is 18.2 Å². The molecule has 1 atom stereocenters. The van der Waals surface area contributed by atoms with Crippen LogP contribution < -0.4 is 10.5 Å². The predicted octanol–water partition coefficient (Wildman–Crippen LogP) is 1.92. The van der Waals surface area contributed by atoms with Crippen LogP contribution in [0.15, 0.2) is 23.1 Å².